The summed E-state index contributed by atoms with van der Waals surface area (Å²) in [5.41, 5.74) is 2.46. The molecule has 1 fully saturated rings. The monoisotopic (exact) mass is 364 g/mol. The highest BCUT2D eigenvalue weighted by Crippen LogP contribution is 2.24. The van der Waals surface area contributed by atoms with Crippen LogP contribution < -0.4 is 5.32 Å². The molecule has 1 heterocycles. The maximum absolute atomic E-state index is 12.9. The minimum atomic E-state index is -0.991. The lowest BCUT2D eigenvalue weighted by atomic mass is 9.93. The second kappa shape index (κ2) is 7.35. The molecular weight excluding hydrogens is 340 g/mol. The van der Waals surface area contributed by atoms with Gasteiger partial charge >= 0.3 is 6.03 Å². The van der Waals surface area contributed by atoms with Gasteiger partial charge in [-0.1, -0.05) is 48.0 Å². The van der Waals surface area contributed by atoms with Gasteiger partial charge in [0.15, 0.2) is 5.78 Å². The molecular formula is C22H24N2O3. The molecule has 0 unspecified atom stereocenters. The number of hydrogen-bond acceptors (Lipinski definition) is 3. The Kier molecular flexibility index (Phi) is 5.13. The van der Waals surface area contributed by atoms with Gasteiger partial charge in [-0.25, -0.2) is 4.79 Å². The van der Waals surface area contributed by atoms with Crippen LogP contribution in [-0.4, -0.2) is 34.7 Å². The Hall–Kier alpha value is -2.95. The first-order chi connectivity index (χ1) is 12.8. The van der Waals surface area contributed by atoms with Crippen molar-refractivity contribution in [3.05, 3.63) is 70.8 Å². The van der Waals surface area contributed by atoms with Gasteiger partial charge < -0.3 is 5.32 Å². The molecule has 2 aromatic rings. The highest BCUT2D eigenvalue weighted by Gasteiger charge is 2.47. The summed E-state index contributed by atoms with van der Waals surface area (Å²) in [6, 6.07) is 14.9. The number of carbonyl (C=O) groups excluding carboxylic acids is 3. The zero-order valence-corrected chi connectivity index (χ0v) is 15.9. The predicted octanol–water partition coefficient (Wildman–Crippen LogP) is 3.43. The van der Waals surface area contributed by atoms with E-state index in [2.05, 4.69) is 5.32 Å². The van der Waals surface area contributed by atoms with Crippen molar-refractivity contribution in [3.63, 3.8) is 0 Å². The fraction of sp³-hybridized carbons (Fsp3) is 0.318. The zero-order valence-electron chi connectivity index (χ0n) is 15.9. The number of imide groups is 1. The molecule has 0 radical (unpaired) electrons. The highest BCUT2D eigenvalue weighted by molar-refractivity contribution is 6.11. The Morgan fingerprint density at radius 1 is 1.07 bits per heavy atom. The summed E-state index contributed by atoms with van der Waals surface area (Å²) in [5, 5.41) is 2.77. The van der Waals surface area contributed by atoms with Gasteiger partial charge in [0.2, 0.25) is 0 Å². The van der Waals surface area contributed by atoms with Gasteiger partial charge in [0, 0.05) is 5.56 Å². The van der Waals surface area contributed by atoms with Crippen LogP contribution in [0.5, 0.6) is 0 Å². The maximum atomic E-state index is 12.9. The quantitative estimate of drug-likeness (QED) is 0.631. The molecule has 1 atom stereocenters. The lowest BCUT2D eigenvalue weighted by Crippen LogP contribution is -2.44. The largest absolute Gasteiger partial charge is 0.325 e. The van der Waals surface area contributed by atoms with Gasteiger partial charge in [-0.3, -0.25) is 14.5 Å². The topological polar surface area (TPSA) is 66.5 Å². The third kappa shape index (κ3) is 3.92. The van der Waals surface area contributed by atoms with Crippen molar-refractivity contribution in [1.29, 1.82) is 0 Å². The molecule has 0 bridgehead atoms. The molecule has 0 spiro atoms. The van der Waals surface area contributed by atoms with Gasteiger partial charge in [-0.2, -0.15) is 0 Å². The number of nitrogens with zero attached hydrogens (tertiary/aromatic N) is 1. The van der Waals surface area contributed by atoms with E-state index in [9.17, 15) is 14.4 Å². The molecule has 140 valence electrons. The smallest absolute Gasteiger partial charge is 0.323 e. The number of urea groups is 1. The van der Waals surface area contributed by atoms with Crippen molar-refractivity contribution >= 4 is 17.7 Å². The Bertz CT molecular complexity index is 892. The molecule has 3 amide bonds. The number of nitrogens with one attached hydrogen (secondary N) is 1. The number of carbonyl (C=O) groups is 3. The van der Waals surface area contributed by atoms with Crippen LogP contribution in [-0.2, 0) is 11.2 Å². The number of benzene rings is 2. The van der Waals surface area contributed by atoms with Crippen molar-refractivity contribution < 1.29 is 14.4 Å². The highest BCUT2D eigenvalue weighted by atomic mass is 16.2. The van der Waals surface area contributed by atoms with E-state index in [1.54, 1.807) is 13.0 Å². The van der Waals surface area contributed by atoms with E-state index in [0.717, 1.165) is 21.6 Å². The van der Waals surface area contributed by atoms with E-state index in [-0.39, 0.29) is 18.2 Å². The van der Waals surface area contributed by atoms with Gasteiger partial charge in [0.1, 0.15) is 5.54 Å². The first-order valence-electron chi connectivity index (χ1n) is 9.09. The molecule has 1 saturated heterocycles. The minimum Gasteiger partial charge on any atom is -0.323 e. The number of amides is 3. The SMILES string of the molecule is Cc1ccc(C)c(C(=O)CN2C(=O)N[C@@](C)(CCc3ccccc3)C2=O)c1. The van der Waals surface area contributed by atoms with E-state index < -0.39 is 11.6 Å². The van der Waals surface area contributed by atoms with Crippen LogP contribution in [0.3, 0.4) is 0 Å². The second-order valence-corrected chi connectivity index (χ2v) is 7.38. The van der Waals surface area contributed by atoms with Gasteiger partial charge in [0.05, 0.1) is 6.54 Å². The average molecular weight is 364 g/mol. The third-order valence-corrected chi connectivity index (χ3v) is 5.10. The number of hydrogen-bond donors (Lipinski definition) is 1. The Balaban J connectivity index is 1.72. The summed E-state index contributed by atoms with van der Waals surface area (Å²) in [6.07, 6.45) is 1.15. The van der Waals surface area contributed by atoms with Crippen LogP contribution >= 0.6 is 0 Å². The molecule has 0 aromatic heterocycles. The van der Waals surface area contributed by atoms with Gasteiger partial charge in [-0.15, -0.1) is 0 Å². The fourth-order valence-corrected chi connectivity index (χ4v) is 3.36. The van der Waals surface area contributed by atoms with Crippen LogP contribution in [0.4, 0.5) is 4.79 Å². The van der Waals surface area contributed by atoms with E-state index in [1.165, 1.54) is 0 Å². The molecule has 5 heteroatoms. The average Bonchev–Trinajstić information content (AvgIpc) is 2.86. The van der Waals surface area contributed by atoms with Crippen LogP contribution in [0.15, 0.2) is 48.5 Å². The first kappa shape index (κ1) is 18.8. The van der Waals surface area contributed by atoms with Crippen molar-refractivity contribution in [2.45, 2.75) is 39.2 Å². The van der Waals surface area contributed by atoms with E-state index in [4.69, 9.17) is 0 Å². The van der Waals surface area contributed by atoms with Crippen molar-refractivity contribution in [1.82, 2.24) is 10.2 Å². The number of Topliss-reactive ketones (excluding diaryl/α,β-unsaturated/α-hetero) is 1. The van der Waals surface area contributed by atoms with Crippen LogP contribution in [0.25, 0.3) is 0 Å². The Labute approximate surface area is 159 Å². The summed E-state index contributed by atoms with van der Waals surface area (Å²) in [4.78, 5) is 39.0. The molecule has 5 nitrogen and oxygen atoms in total. The minimum absolute atomic E-state index is 0.230. The van der Waals surface area contributed by atoms with Gasteiger partial charge in [0.25, 0.3) is 5.91 Å². The number of ketones is 1. The van der Waals surface area contributed by atoms with E-state index in [0.29, 0.717) is 18.4 Å². The molecule has 1 aliphatic heterocycles. The lowest BCUT2D eigenvalue weighted by molar-refractivity contribution is -0.130. The zero-order chi connectivity index (χ0) is 19.6. The molecule has 1 aliphatic rings. The van der Waals surface area contributed by atoms with Crippen LogP contribution in [0.1, 0.15) is 40.4 Å². The summed E-state index contributed by atoms with van der Waals surface area (Å²) in [7, 11) is 0. The molecule has 1 N–H and O–H groups in total. The molecule has 3 rings (SSSR count). The van der Waals surface area contributed by atoms with E-state index >= 15 is 0 Å². The van der Waals surface area contributed by atoms with Crippen LogP contribution in [0.2, 0.25) is 0 Å². The number of aryl methyl sites for hydroxylation is 3. The summed E-state index contributed by atoms with van der Waals surface area (Å²) < 4.78 is 0. The van der Waals surface area contributed by atoms with E-state index in [1.807, 2.05) is 56.3 Å². The standard InChI is InChI=1S/C22H24N2O3/c1-15-9-10-16(2)18(13-15)19(25)14-24-20(26)22(3,23-21(24)27)12-11-17-7-5-4-6-8-17/h4-10,13H,11-12,14H2,1-3H3,(H,23,27)/t22-/m0/s1. The van der Waals surface area contributed by atoms with Crippen molar-refractivity contribution in [2.24, 2.45) is 0 Å². The lowest BCUT2D eigenvalue weighted by Gasteiger charge is -2.21. The van der Waals surface area contributed by atoms with Gasteiger partial charge in [-0.05, 0) is 50.8 Å². The Morgan fingerprint density at radius 2 is 1.78 bits per heavy atom. The van der Waals surface area contributed by atoms with Crippen molar-refractivity contribution in [3.8, 4) is 0 Å². The Morgan fingerprint density at radius 3 is 2.48 bits per heavy atom. The maximum Gasteiger partial charge on any atom is 0.325 e. The summed E-state index contributed by atoms with van der Waals surface area (Å²) >= 11 is 0. The predicted molar refractivity (Wildman–Crippen MR) is 104 cm³/mol. The second-order valence-electron chi connectivity index (χ2n) is 7.38. The fourth-order valence-electron chi connectivity index (χ4n) is 3.36. The van der Waals surface area contributed by atoms with Crippen LogP contribution in [0, 0.1) is 13.8 Å². The number of rotatable bonds is 6. The molecule has 0 aliphatic carbocycles. The molecule has 27 heavy (non-hydrogen) atoms. The first-order valence-corrected chi connectivity index (χ1v) is 9.09. The summed E-state index contributed by atoms with van der Waals surface area (Å²) in [6.45, 7) is 5.24. The summed E-state index contributed by atoms with van der Waals surface area (Å²) in [5.74, 6) is -0.575. The third-order valence-electron chi connectivity index (χ3n) is 5.10. The molecule has 0 saturated carbocycles. The van der Waals surface area contributed by atoms with Crippen molar-refractivity contribution in [2.75, 3.05) is 6.54 Å². The molecule has 2 aromatic carbocycles. The normalized spacial score (nSPS) is 19.3.